The van der Waals surface area contributed by atoms with Crippen LogP contribution in [0.4, 0.5) is 10.1 Å². The zero-order valence-corrected chi connectivity index (χ0v) is 19.2. The van der Waals surface area contributed by atoms with Crippen LogP contribution >= 0.6 is 0 Å². The number of hydrogen-bond donors (Lipinski definition) is 3. The van der Waals surface area contributed by atoms with Gasteiger partial charge in [-0.25, -0.2) is 9.37 Å². The Balaban J connectivity index is 1.34. The van der Waals surface area contributed by atoms with E-state index < -0.39 is 5.82 Å². The van der Waals surface area contributed by atoms with Crippen molar-refractivity contribution in [2.45, 2.75) is 12.6 Å². The molecule has 4 heterocycles. The molecule has 4 aromatic rings. The van der Waals surface area contributed by atoms with E-state index in [1.807, 2.05) is 12.1 Å². The number of nitrogens with zero attached hydrogens (tertiary/aromatic N) is 4. The van der Waals surface area contributed by atoms with Crippen molar-refractivity contribution < 1.29 is 14.3 Å². The maximum atomic E-state index is 13.6. The SMILES string of the molecule is CNC(=O)c1ccc(N2CCN(Cc3cnc4c(c3)[nH]c(=O)c3cc(F)ccc34)[C@@H](CO)C2)cn1. The van der Waals surface area contributed by atoms with Gasteiger partial charge in [0.1, 0.15) is 11.5 Å². The summed E-state index contributed by atoms with van der Waals surface area (Å²) in [7, 11) is 1.56. The lowest BCUT2D eigenvalue weighted by Crippen LogP contribution is -2.54. The molecule has 1 amide bonds. The first kappa shape index (κ1) is 22.9. The monoisotopic (exact) mass is 476 g/mol. The quantitative estimate of drug-likeness (QED) is 0.375. The third-order valence-electron chi connectivity index (χ3n) is 6.45. The number of anilines is 1. The van der Waals surface area contributed by atoms with E-state index in [4.69, 9.17) is 0 Å². The number of aliphatic hydroxyl groups is 1. The van der Waals surface area contributed by atoms with Gasteiger partial charge in [0, 0.05) is 44.8 Å². The van der Waals surface area contributed by atoms with Gasteiger partial charge in [0.15, 0.2) is 0 Å². The van der Waals surface area contributed by atoms with E-state index in [-0.39, 0.29) is 29.5 Å². The number of amides is 1. The molecule has 35 heavy (non-hydrogen) atoms. The summed E-state index contributed by atoms with van der Waals surface area (Å²) in [4.78, 5) is 40.1. The molecule has 180 valence electrons. The predicted octanol–water partition coefficient (Wildman–Crippen LogP) is 1.65. The number of carbonyl (C=O) groups is 1. The van der Waals surface area contributed by atoms with Gasteiger partial charge in [-0.3, -0.25) is 19.5 Å². The molecule has 1 aromatic carbocycles. The summed E-state index contributed by atoms with van der Waals surface area (Å²) in [5.41, 5.74) is 2.99. The van der Waals surface area contributed by atoms with Crippen molar-refractivity contribution in [1.82, 2.24) is 25.2 Å². The first-order chi connectivity index (χ1) is 17.0. The van der Waals surface area contributed by atoms with Crippen LogP contribution < -0.4 is 15.8 Å². The molecule has 1 fully saturated rings. The van der Waals surface area contributed by atoms with Crippen LogP contribution in [-0.4, -0.2) is 70.2 Å². The Hall–Kier alpha value is -3.89. The van der Waals surface area contributed by atoms with Crippen LogP contribution in [0.25, 0.3) is 21.8 Å². The van der Waals surface area contributed by atoms with E-state index in [1.165, 1.54) is 12.1 Å². The van der Waals surface area contributed by atoms with Gasteiger partial charge >= 0.3 is 0 Å². The molecule has 1 aliphatic rings. The minimum atomic E-state index is -0.466. The number of H-pyrrole nitrogens is 1. The van der Waals surface area contributed by atoms with Crippen LogP contribution in [0.1, 0.15) is 16.1 Å². The molecule has 0 spiro atoms. The number of rotatable bonds is 5. The highest BCUT2D eigenvalue weighted by atomic mass is 19.1. The molecule has 9 nitrogen and oxygen atoms in total. The summed E-state index contributed by atoms with van der Waals surface area (Å²) < 4.78 is 13.6. The summed E-state index contributed by atoms with van der Waals surface area (Å²) >= 11 is 0. The number of pyridine rings is 3. The van der Waals surface area contributed by atoms with Crippen LogP contribution in [0.5, 0.6) is 0 Å². The Morgan fingerprint density at radius 3 is 2.77 bits per heavy atom. The summed E-state index contributed by atoms with van der Waals surface area (Å²) in [6, 6.07) is 9.44. The number of aliphatic hydroxyl groups excluding tert-OH is 1. The third-order valence-corrected chi connectivity index (χ3v) is 6.45. The van der Waals surface area contributed by atoms with Gasteiger partial charge in [-0.1, -0.05) is 0 Å². The second kappa shape index (κ2) is 9.40. The molecule has 1 atom stereocenters. The fourth-order valence-corrected chi connectivity index (χ4v) is 4.58. The third kappa shape index (κ3) is 4.45. The number of aromatic amines is 1. The van der Waals surface area contributed by atoms with Crippen molar-refractivity contribution in [3.05, 3.63) is 76.2 Å². The van der Waals surface area contributed by atoms with E-state index in [2.05, 4.69) is 30.1 Å². The maximum Gasteiger partial charge on any atom is 0.269 e. The minimum Gasteiger partial charge on any atom is -0.395 e. The molecule has 0 bridgehead atoms. The second-order valence-corrected chi connectivity index (χ2v) is 8.62. The highest BCUT2D eigenvalue weighted by Gasteiger charge is 2.27. The molecule has 3 aromatic heterocycles. The highest BCUT2D eigenvalue weighted by Crippen LogP contribution is 2.23. The zero-order valence-electron chi connectivity index (χ0n) is 19.2. The van der Waals surface area contributed by atoms with Crippen LogP contribution in [0.2, 0.25) is 0 Å². The Labute approximate surface area is 200 Å². The van der Waals surface area contributed by atoms with Gasteiger partial charge in [-0.15, -0.1) is 0 Å². The Bertz CT molecular complexity index is 1460. The molecule has 5 rings (SSSR count). The average molecular weight is 477 g/mol. The molecule has 1 saturated heterocycles. The van der Waals surface area contributed by atoms with E-state index in [1.54, 1.807) is 31.6 Å². The van der Waals surface area contributed by atoms with Crippen molar-refractivity contribution in [3.8, 4) is 0 Å². The Kier molecular flexibility index (Phi) is 6.14. The number of hydrogen-bond acceptors (Lipinski definition) is 7. The van der Waals surface area contributed by atoms with Crippen LogP contribution in [0.15, 0.2) is 53.6 Å². The largest absolute Gasteiger partial charge is 0.395 e. The fraction of sp³-hybridized carbons (Fsp3) is 0.280. The predicted molar refractivity (Wildman–Crippen MR) is 131 cm³/mol. The number of aromatic nitrogens is 3. The molecule has 1 aliphatic heterocycles. The molecule has 0 radical (unpaired) electrons. The van der Waals surface area contributed by atoms with Gasteiger partial charge in [0.25, 0.3) is 11.5 Å². The van der Waals surface area contributed by atoms with Gasteiger partial charge < -0.3 is 20.3 Å². The lowest BCUT2D eigenvalue weighted by molar-refractivity contribution is 0.0958. The van der Waals surface area contributed by atoms with Crippen molar-refractivity contribution >= 4 is 33.4 Å². The smallest absolute Gasteiger partial charge is 0.269 e. The fourth-order valence-electron chi connectivity index (χ4n) is 4.58. The second-order valence-electron chi connectivity index (χ2n) is 8.62. The number of fused-ring (bicyclic) bond motifs is 3. The summed E-state index contributed by atoms with van der Waals surface area (Å²) in [6.45, 7) is 2.57. The lowest BCUT2D eigenvalue weighted by Gasteiger charge is -2.41. The molecule has 0 unspecified atom stereocenters. The average Bonchev–Trinajstić information content (AvgIpc) is 2.88. The van der Waals surface area contributed by atoms with Crippen LogP contribution in [-0.2, 0) is 6.54 Å². The number of piperazine rings is 1. The summed E-state index contributed by atoms with van der Waals surface area (Å²) in [6.07, 6.45) is 3.43. The normalized spacial score (nSPS) is 16.7. The van der Waals surface area contributed by atoms with E-state index in [0.717, 1.165) is 17.8 Å². The Morgan fingerprint density at radius 2 is 2.03 bits per heavy atom. The molecule has 0 aliphatic carbocycles. The van der Waals surface area contributed by atoms with Gasteiger partial charge in [-0.2, -0.15) is 0 Å². The van der Waals surface area contributed by atoms with Crippen molar-refractivity contribution in [1.29, 1.82) is 0 Å². The topological polar surface area (TPSA) is 114 Å². The van der Waals surface area contributed by atoms with Gasteiger partial charge in [-0.05, 0) is 42.0 Å². The molecule has 0 saturated carbocycles. The highest BCUT2D eigenvalue weighted by molar-refractivity contribution is 6.02. The minimum absolute atomic E-state index is 0.0195. The van der Waals surface area contributed by atoms with E-state index in [9.17, 15) is 19.1 Å². The van der Waals surface area contributed by atoms with Crippen LogP contribution in [0.3, 0.4) is 0 Å². The zero-order chi connectivity index (χ0) is 24.5. The van der Waals surface area contributed by atoms with Gasteiger partial charge in [0.2, 0.25) is 0 Å². The Morgan fingerprint density at radius 1 is 1.17 bits per heavy atom. The van der Waals surface area contributed by atoms with Crippen molar-refractivity contribution in [2.24, 2.45) is 0 Å². The van der Waals surface area contributed by atoms with Crippen molar-refractivity contribution in [3.63, 3.8) is 0 Å². The number of halogens is 1. The first-order valence-corrected chi connectivity index (χ1v) is 11.3. The molecular formula is C25H25FN6O3. The van der Waals surface area contributed by atoms with Gasteiger partial charge in [0.05, 0.1) is 41.0 Å². The standard InChI is InChI=1S/C25H25FN6O3/c1-27-25(35)21-5-3-17(11-28-21)32-7-6-31(18(13-32)14-33)12-15-8-22-23(29-10-15)19-4-2-16(26)9-20(19)24(34)30-22/h2-5,8-11,18,33H,6-7,12-14H2,1H3,(H,27,35)(H,30,34)/t18-/m1/s1. The van der Waals surface area contributed by atoms with Crippen molar-refractivity contribution in [2.75, 3.05) is 38.2 Å². The maximum absolute atomic E-state index is 13.6. The number of carbonyl (C=O) groups excluding carboxylic acids is 1. The first-order valence-electron chi connectivity index (χ1n) is 11.3. The number of benzene rings is 1. The van der Waals surface area contributed by atoms with E-state index >= 15 is 0 Å². The van der Waals surface area contributed by atoms with Crippen LogP contribution in [0, 0.1) is 5.82 Å². The molecule has 10 heteroatoms. The summed E-state index contributed by atoms with van der Waals surface area (Å²) in [5.74, 6) is -0.702. The van der Waals surface area contributed by atoms with E-state index in [0.29, 0.717) is 41.7 Å². The molecule has 3 N–H and O–H groups in total. The number of nitrogens with one attached hydrogen (secondary N) is 2. The summed E-state index contributed by atoms with van der Waals surface area (Å²) in [5, 5.41) is 13.5. The lowest BCUT2D eigenvalue weighted by atomic mass is 10.1. The molecular weight excluding hydrogens is 451 g/mol.